The Hall–Kier alpha value is -3.20. The summed E-state index contributed by atoms with van der Waals surface area (Å²) in [7, 11) is 3.24. The van der Waals surface area contributed by atoms with Crippen molar-refractivity contribution in [1.82, 2.24) is 30.3 Å². The van der Waals surface area contributed by atoms with Crippen molar-refractivity contribution in [1.29, 1.82) is 0 Å². The summed E-state index contributed by atoms with van der Waals surface area (Å²) >= 11 is 0. The zero-order chi connectivity index (χ0) is 19.3. The third kappa shape index (κ3) is 3.89. The van der Waals surface area contributed by atoms with Crippen LogP contribution in [-0.4, -0.2) is 70.7 Å². The first-order valence-electron chi connectivity index (χ1n) is 9.14. The highest BCUT2D eigenvalue weighted by Gasteiger charge is 2.19. The average Bonchev–Trinajstić information content (AvgIpc) is 3.29. The lowest BCUT2D eigenvalue weighted by molar-refractivity contribution is 0.248. The van der Waals surface area contributed by atoms with Crippen LogP contribution in [0.2, 0.25) is 0 Å². The minimum atomic E-state index is 0.489. The van der Waals surface area contributed by atoms with Crippen molar-refractivity contribution in [2.45, 2.75) is 6.54 Å². The average molecular weight is 381 g/mol. The number of aromatic nitrogens is 5. The molecule has 1 fully saturated rings. The maximum Gasteiger partial charge on any atom is 0.233 e. The number of anilines is 1. The van der Waals surface area contributed by atoms with E-state index in [1.807, 2.05) is 12.1 Å². The summed E-state index contributed by atoms with van der Waals surface area (Å²) in [6.45, 7) is 4.63. The smallest absolute Gasteiger partial charge is 0.233 e. The lowest BCUT2D eigenvalue weighted by Crippen LogP contribution is -2.46. The Morgan fingerprint density at radius 2 is 1.86 bits per heavy atom. The molecule has 1 aliphatic rings. The van der Waals surface area contributed by atoms with Crippen molar-refractivity contribution in [3.8, 4) is 22.9 Å². The van der Waals surface area contributed by atoms with Gasteiger partial charge in [0.25, 0.3) is 0 Å². The molecule has 146 valence electrons. The molecular weight excluding hydrogens is 358 g/mol. The van der Waals surface area contributed by atoms with Crippen LogP contribution in [0.3, 0.4) is 0 Å². The largest absolute Gasteiger partial charge is 0.496 e. The van der Waals surface area contributed by atoms with E-state index < -0.39 is 0 Å². The number of ether oxygens (including phenoxy) is 2. The van der Waals surface area contributed by atoms with Gasteiger partial charge in [-0.25, -0.2) is 5.10 Å². The predicted octanol–water partition coefficient (Wildman–Crippen LogP) is 1.60. The molecule has 0 radical (unpaired) electrons. The van der Waals surface area contributed by atoms with Crippen LogP contribution < -0.4 is 14.4 Å². The summed E-state index contributed by atoms with van der Waals surface area (Å²) < 4.78 is 10.6. The molecule has 3 aromatic rings. The van der Waals surface area contributed by atoms with Crippen LogP contribution >= 0.6 is 0 Å². The SMILES string of the molecule is COc1ccc(-c2cc(CN3CCN(c4ncn[nH]4)CC3)ccc2OC)nn1. The number of benzene rings is 1. The lowest BCUT2D eigenvalue weighted by Gasteiger charge is -2.34. The number of nitrogens with zero attached hydrogens (tertiary/aromatic N) is 6. The number of hydrogen-bond donors (Lipinski definition) is 1. The molecular formula is C19H23N7O2. The van der Waals surface area contributed by atoms with E-state index in [1.54, 1.807) is 26.6 Å². The molecule has 9 nitrogen and oxygen atoms in total. The molecule has 4 rings (SSSR count). The molecule has 28 heavy (non-hydrogen) atoms. The molecule has 3 heterocycles. The number of methoxy groups -OCH3 is 2. The second kappa shape index (κ2) is 8.22. The monoisotopic (exact) mass is 381 g/mol. The highest BCUT2D eigenvalue weighted by molar-refractivity contribution is 5.67. The van der Waals surface area contributed by atoms with Gasteiger partial charge in [-0.15, -0.1) is 10.2 Å². The number of nitrogens with one attached hydrogen (secondary N) is 1. The summed E-state index contributed by atoms with van der Waals surface area (Å²) in [4.78, 5) is 8.88. The Bertz CT molecular complexity index is 891. The van der Waals surface area contributed by atoms with E-state index in [2.05, 4.69) is 47.3 Å². The topological polar surface area (TPSA) is 92.3 Å². The second-order valence-corrected chi connectivity index (χ2v) is 6.57. The number of aromatic amines is 1. The van der Waals surface area contributed by atoms with Crippen molar-refractivity contribution in [2.75, 3.05) is 45.3 Å². The Morgan fingerprint density at radius 3 is 2.50 bits per heavy atom. The minimum Gasteiger partial charge on any atom is -0.496 e. The van der Waals surface area contributed by atoms with Crippen LogP contribution in [0.25, 0.3) is 11.3 Å². The zero-order valence-corrected chi connectivity index (χ0v) is 16.0. The third-order valence-electron chi connectivity index (χ3n) is 4.87. The molecule has 0 bridgehead atoms. The maximum absolute atomic E-state index is 5.52. The molecule has 0 saturated carbocycles. The zero-order valence-electron chi connectivity index (χ0n) is 16.0. The quantitative estimate of drug-likeness (QED) is 0.688. The van der Waals surface area contributed by atoms with Crippen LogP contribution in [0.4, 0.5) is 5.95 Å². The van der Waals surface area contributed by atoms with E-state index in [0.29, 0.717) is 5.88 Å². The van der Waals surface area contributed by atoms with Crippen molar-refractivity contribution < 1.29 is 9.47 Å². The fourth-order valence-electron chi connectivity index (χ4n) is 3.35. The number of rotatable bonds is 6. The fourth-order valence-corrected chi connectivity index (χ4v) is 3.35. The van der Waals surface area contributed by atoms with Crippen LogP contribution in [0.1, 0.15) is 5.56 Å². The van der Waals surface area contributed by atoms with Gasteiger partial charge in [0.05, 0.1) is 19.9 Å². The molecule has 9 heteroatoms. The van der Waals surface area contributed by atoms with Crippen LogP contribution in [0, 0.1) is 0 Å². The normalized spacial score (nSPS) is 14.9. The van der Waals surface area contributed by atoms with Crippen molar-refractivity contribution in [3.63, 3.8) is 0 Å². The Labute approximate surface area is 163 Å². The van der Waals surface area contributed by atoms with Gasteiger partial charge in [0.1, 0.15) is 12.1 Å². The molecule has 1 aromatic carbocycles. The summed E-state index contributed by atoms with van der Waals surface area (Å²) in [6, 6.07) is 9.91. The van der Waals surface area contributed by atoms with Crippen molar-refractivity contribution >= 4 is 5.95 Å². The second-order valence-electron chi connectivity index (χ2n) is 6.57. The summed E-state index contributed by atoms with van der Waals surface area (Å²) in [5, 5.41) is 15.2. The van der Waals surface area contributed by atoms with Gasteiger partial charge in [0.2, 0.25) is 11.8 Å². The fraction of sp³-hybridized carbons (Fsp3) is 0.368. The summed E-state index contributed by atoms with van der Waals surface area (Å²) in [6.07, 6.45) is 1.54. The van der Waals surface area contributed by atoms with Gasteiger partial charge in [0, 0.05) is 44.4 Å². The Morgan fingerprint density at radius 1 is 1.00 bits per heavy atom. The molecule has 2 aromatic heterocycles. The first kappa shape index (κ1) is 18.2. The van der Waals surface area contributed by atoms with E-state index >= 15 is 0 Å². The number of hydrogen-bond acceptors (Lipinski definition) is 8. The molecule has 1 N–H and O–H groups in total. The van der Waals surface area contributed by atoms with E-state index in [4.69, 9.17) is 9.47 Å². The van der Waals surface area contributed by atoms with Gasteiger partial charge < -0.3 is 14.4 Å². The van der Waals surface area contributed by atoms with Gasteiger partial charge in [-0.1, -0.05) is 6.07 Å². The Kier molecular flexibility index (Phi) is 5.34. The van der Waals surface area contributed by atoms with Crippen molar-refractivity contribution in [2.24, 2.45) is 0 Å². The molecule has 0 spiro atoms. The van der Waals surface area contributed by atoms with Gasteiger partial charge in [-0.05, 0) is 23.8 Å². The molecule has 0 amide bonds. The van der Waals surface area contributed by atoms with Gasteiger partial charge in [-0.2, -0.15) is 10.1 Å². The Balaban J connectivity index is 1.46. The van der Waals surface area contributed by atoms with Gasteiger partial charge >= 0.3 is 0 Å². The highest BCUT2D eigenvalue weighted by Crippen LogP contribution is 2.30. The number of H-pyrrole nitrogens is 1. The van der Waals surface area contributed by atoms with Crippen LogP contribution in [0.5, 0.6) is 11.6 Å². The third-order valence-corrected chi connectivity index (χ3v) is 4.87. The molecule has 0 aliphatic carbocycles. The first-order chi connectivity index (χ1) is 13.8. The first-order valence-corrected chi connectivity index (χ1v) is 9.14. The van der Waals surface area contributed by atoms with E-state index in [9.17, 15) is 0 Å². The van der Waals surface area contributed by atoms with Gasteiger partial charge in [-0.3, -0.25) is 4.90 Å². The van der Waals surface area contributed by atoms with Crippen molar-refractivity contribution in [3.05, 3.63) is 42.2 Å². The van der Waals surface area contributed by atoms with Crippen LogP contribution in [-0.2, 0) is 6.54 Å². The van der Waals surface area contributed by atoms with E-state index in [-0.39, 0.29) is 0 Å². The maximum atomic E-state index is 5.52. The minimum absolute atomic E-state index is 0.489. The molecule has 1 saturated heterocycles. The lowest BCUT2D eigenvalue weighted by atomic mass is 10.1. The summed E-state index contributed by atoms with van der Waals surface area (Å²) in [5.74, 6) is 2.10. The molecule has 0 atom stereocenters. The number of piperazine rings is 1. The molecule has 0 unspecified atom stereocenters. The van der Waals surface area contributed by atoms with E-state index in [1.165, 1.54) is 5.56 Å². The predicted molar refractivity (Wildman–Crippen MR) is 104 cm³/mol. The van der Waals surface area contributed by atoms with Crippen LogP contribution in [0.15, 0.2) is 36.7 Å². The highest BCUT2D eigenvalue weighted by atomic mass is 16.5. The van der Waals surface area contributed by atoms with E-state index in [0.717, 1.165) is 55.7 Å². The molecule has 1 aliphatic heterocycles. The standard InChI is InChI=1S/C19H23N7O2/c1-27-17-5-3-14(11-15(17)16-4-6-18(28-2)23-22-16)12-25-7-9-26(10-8-25)19-20-13-21-24-19/h3-6,11,13H,7-10,12H2,1-2H3,(H,20,21,24). The summed E-state index contributed by atoms with van der Waals surface area (Å²) in [5.41, 5.74) is 2.90. The van der Waals surface area contributed by atoms with Gasteiger partial charge in [0.15, 0.2) is 0 Å².